The minimum atomic E-state index is -2.04. The highest BCUT2D eigenvalue weighted by atomic mass is 28.3. The zero-order valence-electron chi connectivity index (χ0n) is 17.7. The minimum Gasteiger partial charge on any atom is -0.443 e. The lowest BCUT2D eigenvalue weighted by atomic mass is 10.1. The number of nitrogens with zero attached hydrogens (tertiary/aromatic N) is 1. The Labute approximate surface area is 169 Å². The van der Waals surface area contributed by atoms with Crippen LogP contribution in [-0.4, -0.2) is 37.6 Å². The van der Waals surface area contributed by atoms with Crippen LogP contribution in [0.1, 0.15) is 38.3 Å². The van der Waals surface area contributed by atoms with E-state index in [9.17, 15) is 9.59 Å². The van der Waals surface area contributed by atoms with E-state index in [1.807, 2.05) is 36.4 Å². The Morgan fingerprint density at radius 1 is 0.964 bits per heavy atom. The molecule has 0 saturated carbocycles. The van der Waals surface area contributed by atoms with Crippen LogP contribution in [0.4, 0.5) is 4.79 Å². The van der Waals surface area contributed by atoms with E-state index in [0.717, 1.165) is 10.5 Å². The molecule has 0 saturated heterocycles. The van der Waals surface area contributed by atoms with Gasteiger partial charge < -0.3 is 4.74 Å². The quantitative estimate of drug-likeness (QED) is 0.687. The summed E-state index contributed by atoms with van der Waals surface area (Å²) >= 11 is 0. The van der Waals surface area contributed by atoms with Gasteiger partial charge in [-0.1, -0.05) is 78.9 Å². The average molecular weight is 398 g/mol. The SMILES string of the molecule is CN(C(=O)C[C@H](c1ccccc1)[Si](C)(C)c1ccccc1)C(=O)OC(C)(C)C. The largest absolute Gasteiger partial charge is 0.443 e. The van der Waals surface area contributed by atoms with E-state index in [-0.39, 0.29) is 17.9 Å². The van der Waals surface area contributed by atoms with Crippen LogP contribution in [0.3, 0.4) is 0 Å². The molecule has 0 radical (unpaired) electrons. The van der Waals surface area contributed by atoms with Gasteiger partial charge in [0.1, 0.15) is 5.60 Å². The Hall–Kier alpha value is -2.40. The number of carbonyl (C=O) groups excluding carboxylic acids is 2. The molecule has 0 fully saturated rings. The van der Waals surface area contributed by atoms with Crippen molar-refractivity contribution in [1.82, 2.24) is 4.90 Å². The van der Waals surface area contributed by atoms with E-state index in [0.29, 0.717) is 0 Å². The summed E-state index contributed by atoms with van der Waals surface area (Å²) in [7, 11) is -0.544. The van der Waals surface area contributed by atoms with Crippen LogP contribution in [0.15, 0.2) is 60.7 Å². The van der Waals surface area contributed by atoms with Crippen LogP contribution in [0.2, 0.25) is 13.1 Å². The maximum Gasteiger partial charge on any atom is 0.416 e. The maximum atomic E-state index is 13.0. The van der Waals surface area contributed by atoms with Crippen molar-refractivity contribution in [3.63, 3.8) is 0 Å². The maximum absolute atomic E-state index is 13.0. The van der Waals surface area contributed by atoms with Crippen molar-refractivity contribution in [2.24, 2.45) is 0 Å². The fraction of sp³-hybridized carbons (Fsp3) is 0.391. The van der Waals surface area contributed by atoms with Crippen molar-refractivity contribution in [1.29, 1.82) is 0 Å². The second-order valence-corrected chi connectivity index (χ2v) is 13.4. The molecule has 0 N–H and O–H groups in total. The average Bonchev–Trinajstić information content (AvgIpc) is 2.65. The first kappa shape index (κ1) is 21.9. The van der Waals surface area contributed by atoms with Crippen LogP contribution >= 0.6 is 0 Å². The molecule has 0 unspecified atom stereocenters. The normalized spacial score (nSPS) is 12.9. The summed E-state index contributed by atoms with van der Waals surface area (Å²) in [5.41, 5.74) is 0.546. The molecule has 2 rings (SSSR count). The first-order valence-corrected chi connectivity index (χ1v) is 12.7. The molecule has 0 aliphatic carbocycles. The van der Waals surface area contributed by atoms with E-state index in [1.165, 1.54) is 12.2 Å². The third kappa shape index (κ3) is 5.55. The van der Waals surface area contributed by atoms with Gasteiger partial charge in [0.2, 0.25) is 5.91 Å². The van der Waals surface area contributed by atoms with Crippen molar-refractivity contribution in [3.8, 4) is 0 Å². The second kappa shape index (κ2) is 8.74. The summed E-state index contributed by atoms with van der Waals surface area (Å²) in [6, 6.07) is 20.5. The molecular weight excluding hydrogens is 366 g/mol. The van der Waals surface area contributed by atoms with Crippen LogP contribution in [0, 0.1) is 0 Å². The molecule has 0 bridgehead atoms. The third-order valence-electron chi connectivity index (χ3n) is 5.01. The molecule has 150 valence electrons. The van der Waals surface area contributed by atoms with Crippen molar-refractivity contribution >= 4 is 25.3 Å². The number of hydrogen-bond acceptors (Lipinski definition) is 3. The molecule has 2 aromatic rings. The number of ether oxygens (including phenoxy) is 1. The van der Waals surface area contributed by atoms with E-state index in [2.05, 4.69) is 37.4 Å². The predicted octanol–water partition coefficient (Wildman–Crippen LogP) is 4.71. The molecule has 0 aliphatic heterocycles. The molecule has 4 nitrogen and oxygen atoms in total. The first-order chi connectivity index (χ1) is 13.0. The number of benzene rings is 2. The summed E-state index contributed by atoms with van der Waals surface area (Å²) < 4.78 is 5.36. The van der Waals surface area contributed by atoms with Gasteiger partial charge in [0.05, 0.1) is 8.07 Å². The molecule has 0 aliphatic rings. The van der Waals surface area contributed by atoms with Crippen LogP contribution in [0.5, 0.6) is 0 Å². The molecule has 5 heteroatoms. The van der Waals surface area contributed by atoms with Gasteiger partial charge >= 0.3 is 6.09 Å². The molecule has 0 spiro atoms. The van der Waals surface area contributed by atoms with Gasteiger partial charge in [0, 0.05) is 13.5 Å². The monoisotopic (exact) mass is 397 g/mol. The highest BCUT2D eigenvalue weighted by Gasteiger charge is 2.37. The Morgan fingerprint density at radius 3 is 1.96 bits per heavy atom. The predicted molar refractivity (Wildman–Crippen MR) is 116 cm³/mol. The van der Waals surface area contributed by atoms with Gasteiger partial charge in [0.15, 0.2) is 0 Å². The van der Waals surface area contributed by atoms with Crippen molar-refractivity contribution in [3.05, 3.63) is 66.2 Å². The van der Waals surface area contributed by atoms with Crippen molar-refractivity contribution < 1.29 is 14.3 Å². The van der Waals surface area contributed by atoms with E-state index in [1.54, 1.807) is 20.8 Å². The zero-order chi connectivity index (χ0) is 20.9. The van der Waals surface area contributed by atoms with Crippen LogP contribution < -0.4 is 5.19 Å². The van der Waals surface area contributed by atoms with E-state index in [4.69, 9.17) is 4.74 Å². The zero-order valence-corrected chi connectivity index (χ0v) is 18.7. The summed E-state index contributed by atoms with van der Waals surface area (Å²) in [4.78, 5) is 26.4. The second-order valence-electron chi connectivity index (χ2n) is 8.69. The van der Waals surface area contributed by atoms with Crippen LogP contribution in [0.25, 0.3) is 0 Å². The number of rotatable bonds is 5. The lowest BCUT2D eigenvalue weighted by Crippen LogP contribution is -2.49. The molecular formula is C23H31NO3Si. The highest BCUT2D eigenvalue weighted by molar-refractivity contribution is 6.91. The number of carbonyl (C=O) groups is 2. The summed E-state index contributed by atoms with van der Waals surface area (Å²) in [5.74, 6) is -0.223. The number of amides is 2. The lowest BCUT2D eigenvalue weighted by Gasteiger charge is -2.34. The van der Waals surface area contributed by atoms with Gasteiger partial charge in [-0.2, -0.15) is 0 Å². The molecule has 0 heterocycles. The molecule has 2 aromatic carbocycles. The fourth-order valence-corrected chi connectivity index (χ4v) is 6.45. The summed E-state index contributed by atoms with van der Waals surface area (Å²) in [6.07, 6.45) is -0.336. The van der Waals surface area contributed by atoms with Crippen molar-refractivity contribution in [2.45, 2.75) is 51.4 Å². The lowest BCUT2D eigenvalue weighted by molar-refractivity contribution is -0.129. The van der Waals surface area contributed by atoms with Crippen molar-refractivity contribution in [2.75, 3.05) is 7.05 Å². The van der Waals surface area contributed by atoms with Gasteiger partial charge in [0.25, 0.3) is 0 Å². The van der Waals surface area contributed by atoms with Gasteiger partial charge in [-0.3, -0.25) is 9.69 Å². The van der Waals surface area contributed by atoms with E-state index >= 15 is 0 Å². The Morgan fingerprint density at radius 2 is 1.46 bits per heavy atom. The smallest absolute Gasteiger partial charge is 0.416 e. The molecule has 28 heavy (non-hydrogen) atoms. The highest BCUT2D eigenvalue weighted by Crippen LogP contribution is 2.31. The van der Waals surface area contributed by atoms with Gasteiger partial charge in [-0.25, -0.2) is 4.79 Å². The van der Waals surface area contributed by atoms with Gasteiger partial charge in [-0.05, 0) is 31.9 Å². The Bertz CT molecular complexity index is 798. The van der Waals surface area contributed by atoms with Crippen LogP contribution in [-0.2, 0) is 9.53 Å². The first-order valence-electron chi connectivity index (χ1n) is 9.62. The third-order valence-corrected chi connectivity index (χ3v) is 9.11. The molecule has 1 atom stereocenters. The topological polar surface area (TPSA) is 46.6 Å². The molecule has 0 aromatic heterocycles. The standard InChI is InChI=1S/C23H31NO3Si/c1-23(2,3)27-22(26)24(4)21(25)17-20(18-13-9-7-10-14-18)28(5,6)19-15-11-8-12-16-19/h7-16,20H,17H2,1-6H3/t20-/m1/s1. The number of imide groups is 1. The molecule has 2 amide bonds. The Balaban J connectivity index is 2.31. The van der Waals surface area contributed by atoms with Gasteiger partial charge in [-0.15, -0.1) is 0 Å². The van der Waals surface area contributed by atoms with E-state index < -0.39 is 19.8 Å². The Kier molecular flexibility index (Phi) is 6.83. The minimum absolute atomic E-state index is 0.0495. The number of hydrogen-bond donors (Lipinski definition) is 0. The summed E-state index contributed by atoms with van der Waals surface area (Å²) in [6.45, 7) is 9.94. The fourth-order valence-electron chi connectivity index (χ4n) is 3.29. The summed E-state index contributed by atoms with van der Waals surface area (Å²) in [5, 5.41) is 1.29.